The van der Waals surface area contributed by atoms with Gasteiger partial charge in [-0.3, -0.25) is 0 Å². The van der Waals surface area contributed by atoms with Crippen molar-refractivity contribution in [3.63, 3.8) is 0 Å². The van der Waals surface area contributed by atoms with Crippen molar-refractivity contribution in [2.75, 3.05) is 13.7 Å². The third-order valence-corrected chi connectivity index (χ3v) is 5.70. The van der Waals surface area contributed by atoms with E-state index in [1.54, 1.807) is 66.7 Å². The average Bonchev–Trinajstić information content (AvgIpc) is 2.95. The second kappa shape index (κ2) is 12.2. The molecule has 0 N–H and O–H groups in total. The molecule has 0 aromatic heterocycles. The van der Waals surface area contributed by atoms with Crippen molar-refractivity contribution in [1.29, 1.82) is 0 Å². The van der Waals surface area contributed by atoms with Crippen LogP contribution in [-0.4, -0.2) is 62.4 Å². The zero-order chi connectivity index (χ0) is 26.2. The van der Waals surface area contributed by atoms with E-state index in [2.05, 4.69) is 0 Å². The molecule has 1 aliphatic rings. The standard InChI is InChI=1S/C28H25FO8/c1-33-28-24(37-27(32)20-15-9-4-10-16-20)22(29)23(36-26(31)19-13-7-3-8-14-19)21(35-28)17-34-25(30)18-11-5-2-6-12-18/h2-16,21-24,28H,17H2,1H3/t21-,22+,23-,24-,28-/m1/s1. The van der Waals surface area contributed by atoms with Crippen molar-refractivity contribution in [2.24, 2.45) is 0 Å². The summed E-state index contributed by atoms with van der Waals surface area (Å²) in [5, 5.41) is 0. The van der Waals surface area contributed by atoms with Crippen molar-refractivity contribution < 1.29 is 42.5 Å². The predicted molar refractivity (Wildman–Crippen MR) is 129 cm³/mol. The molecule has 0 amide bonds. The van der Waals surface area contributed by atoms with Crippen molar-refractivity contribution in [3.8, 4) is 0 Å². The van der Waals surface area contributed by atoms with Gasteiger partial charge >= 0.3 is 17.9 Å². The fourth-order valence-electron chi connectivity index (χ4n) is 3.80. The molecule has 5 atom stereocenters. The molecule has 0 saturated carbocycles. The van der Waals surface area contributed by atoms with Crippen LogP contribution in [0.25, 0.3) is 0 Å². The molecule has 3 aromatic rings. The lowest BCUT2D eigenvalue weighted by Gasteiger charge is -2.41. The maximum atomic E-state index is 15.9. The highest BCUT2D eigenvalue weighted by Crippen LogP contribution is 2.30. The summed E-state index contributed by atoms with van der Waals surface area (Å²) < 4.78 is 43.2. The lowest BCUT2D eigenvalue weighted by molar-refractivity contribution is -0.281. The minimum absolute atomic E-state index is 0.182. The first-order valence-corrected chi connectivity index (χ1v) is 11.5. The summed E-state index contributed by atoms with van der Waals surface area (Å²) in [5.41, 5.74) is 0.661. The van der Waals surface area contributed by atoms with Crippen molar-refractivity contribution >= 4 is 17.9 Å². The van der Waals surface area contributed by atoms with Gasteiger partial charge in [-0.25, -0.2) is 18.8 Å². The first-order valence-electron chi connectivity index (χ1n) is 11.5. The largest absolute Gasteiger partial charge is 0.459 e. The van der Waals surface area contributed by atoms with E-state index in [4.69, 9.17) is 23.7 Å². The highest BCUT2D eigenvalue weighted by Gasteiger charge is 2.51. The Balaban J connectivity index is 1.55. The van der Waals surface area contributed by atoms with Gasteiger partial charge in [0.05, 0.1) is 16.7 Å². The van der Waals surface area contributed by atoms with E-state index in [0.717, 1.165) is 0 Å². The van der Waals surface area contributed by atoms with Gasteiger partial charge in [-0.05, 0) is 36.4 Å². The number of hydrogen-bond acceptors (Lipinski definition) is 8. The van der Waals surface area contributed by atoms with E-state index in [9.17, 15) is 14.4 Å². The number of esters is 3. The third kappa shape index (κ3) is 6.38. The van der Waals surface area contributed by atoms with Crippen LogP contribution in [0.15, 0.2) is 91.0 Å². The molecular weight excluding hydrogens is 483 g/mol. The lowest BCUT2D eigenvalue weighted by atomic mass is 9.99. The molecule has 0 bridgehead atoms. The first-order chi connectivity index (χ1) is 18.0. The van der Waals surface area contributed by atoms with Gasteiger partial charge in [0, 0.05) is 7.11 Å². The van der Waals surface area contributed by atoms with Crippen molar-refractivity contribution in [3.05, 3.63) is 108 Å². The maximum absolute atomic E-state index is 15.9. The van der Waals surface area contributed by atoms with Gasteiger partial charge in [-0.1, -0.05) is 54.6 Å². The van der Waals surface area contributed by atoms with E-state index in [1.165, 1.54) is 31.4 Å². The molecule has 1 aliphatic heterocycles. The van der Waals surface area contributed by atoms with Gasteiger partial charge in [0.15, 0.2) is 24.7 Å². The second-order valence-electron chi connectivity index (χ2n) is 8.16. The van der Waals surface area contributed by atoms with Crippen LogP contribution in [-0.2, 0) is 23.7 Å². The van der Waals surface area contributed by atoms with Gasteiger partial charge < -0.3 is 23.7 Å². The Hall–Kier alpha value is -4.08. The quantitative estimate of drug-likeness (QED) is 0.333. The molecule has 0 spiro atoms. The Morgan fingerprint density at radius 1 is 0.703 bits per heavy atom. The summed E-state index contributed by atoms with van der Waals surface area (Å²) in [7, 11) is 1.25. The van der Waals surface area contributed by atoms with E-state index in [1.807, 2.05) is 0 Å². The van der Waals surface area contributed by atoms with E-state index < -0.39 is 55.3 Å². The molecule has 192 valence electrons. The number of ether oxygens (including phenoxy) is 5. The molecule has 4 rings (SSSR count). The highest BCUT2D eigenvalue weighted by atomic mass is 19.1. The van der Waals surface area contributed by atoms with Crippen LogP contribution in [0.1, 0.15) is 31.1 Å². The van der Waals surface area contributed by atoms with Gasteiger partial charge in [0.1, 0.15) is 12.7 Å². The third-order valence-electron chi connectivity index (χ3n) is 5.70. The molecule has 9 heteroatoms. The van der Waals surface area contributed by atoms with Crippen LogP contribution in [0.4, 0.5) is 4.39 Å². The molecule has 0 unspecified atom stereocenters. The number of methoxy groups -OCH3 is 1. The van der Waals surface area contributed by atoms with Gasteiger partial charge in [0.2, 0.25) is 0 Å². The number of hydrogen-bond donors (Lipinski definition) is 0. The van der Waals surface area contributed by atoms with Crippen LogP contribution in [0.5, 0.6) is 0 Å². The molecule has 1 heterocycles. The van der Waals surface area contributed by atoms with Crippen LogP contribution >= 0.6 is 0 Å². The Morgan fingerprint density at radius 2 is 1.14 bits per heavy atom. The number of alkyl halides is 1. The summed E-state index contributed by atoms with van der Waals surface area (Å²) >= 11 is 0. The molecule has 3 aromatic carbocycles. The first kappa shape index (κ1) is 26.0. The van der Waals surface area contributed by atoms with Gasteiger partial charge in [0.25, 0.3) is 0 Å². The van der Waals surface area contributed by atoms with Crippen LogP contribution in [0, 0.1) is 0 Å². The Labute approximate surface area is 212 Å². The van der Waals surface area contributed by atoms with E-state index in [0.29, 0.717) is 0 Å². The number of carbonyl (C=O) groups excluding carboxylic acids is 3. The average molecular weight is 508 g/mol. The smallest absolute Gasteiger partial charge is 0.338 e. The number of benzene rings is 3. The number of carbonyl (C=O) groups is 3. The highest BCUT2D eigenvalue weighted by molar-refractivity contribution is 5.90. The van der Waals surface area contributed by atoms with Crippen molar-refractivity contribution in [2.45, 2.75) is 30.8 Å². The van der Waals surface area contributed by atoms with Gasteiger partial charge in [-0.15, -0.1) is 0 Å². The predicted octanol–water partition coefficient (Wildman–Crippen LogP) is 4.00. The summed E-state index contributed by atoms with van der Waals surface area (Å²) in [6.07, 6.45) is -7.79. The Morgan fingerprint density at radius 3 is 1.59 bits per heavy atom. The molecule has 0 aliphatic carbocycles. The Bertz CT molecular complexity index is 1190. The van der Waals surface area contributed by atoms with Crippen LogP contribution in [0.2, 0.25) is 0 Å². The zero-order valence-electron chi connectivity index (χ0n) is 19.9. The minimum atomic E-state index is -2.06. The zero-order valence-corrected chi connectivity index (χ0v) is 19.9. The van der Waals surface area contributed by atoms with Gasteiger partial charge in [-0.2, -0.15) is 0 Å². The summed E-state index contributed by atoms with van der Waals surface area (Å²) in [6, 6.07) is 24.2. The molecule has 8 nitrogen and oxygen atoms in total. The SMILES string of the molecule is CO[C@@H]1O[C@H](COC(=O)c2ccccc2)[C@@H](OC(=O)c2ccccc2)[C@H](F)[C@H]1OC(=O)c1ccccc1. The van der Waals surface area contributed by atoms with Crippen molar-refractivity contribution in [1.82, 2.24) is 0 Å². The minimum Gasteiger partial charge on any atom is -0.459 e. The normalized spacial score (nSPS) is 23.0. The van der Waals surface area contributed by atoms with E-state index >= 15 is 4.39 Å². The number of halogens is 1. The second-order valence-corrected chi connectivity index (χ2v) is 8.16. The molecule has 1 saturated heterocycles. The monoisotopic (exact) mass is 508 g/mol. The molecule has 0 radical (unpaired) electrons. The van der Waals surface area contributed by atoms with Crippen LogP contribution in [0.3, 0.4) is 0 Å². The fourth-order valence-corrected chi connectivity index (χ4v) is 3.80. The summed E-state index contributed by atoms with van der Waals surface area (Å²) in [6.45, 7) is -0.444. The molecule has 37 heavy (non-hydrogen) atoms. The lowest BCUT2D eigenvalue weighted by Crippen LogP contribution is -2.60. The fraction of sp³-hybridized carbons (Fsp3) is 0.250. The van der Waals surface area contributed by atoms with E-state index in [-0.39, 0.29) is 16.7 Å². The maximum Gasteiger partial charge on any atom is 0.338 e. The summed E-state index contributed by atoms with van der Waals surface area (Å²) in [4.78, 5) is 37.9. The Kier molecular flexibility index (Phi) is 8.60. The topological polar surface area (TPSA) is 97.4 Å². The van der Waals surface area contributed by atoms with Crippen LogP contribution < -0.4 is 0 Å². The summed E-state index contributed by atoms with van der Waals surface area (Å²) in [5.74, 6) is -2.29. The molecule has 1 fully saturated rings. The number of rotatable bonds is 8. The molecular formula is C28H25FO8.